The summed E-state index contributed by atoms with van der Waals surface area (Å²) < 4.78 is 13.6. The smallest absolute Gasteiger partial charge is 0.127 e. The van der Waals surface area contributed by atoms with Gasteiger partial charge in [-0.25, -0.2) is 4.39 Å². The van der Waals surface area contributed by atoms with Crippen molar-refractivity contribution in [2.24, 2.45) is 0 Å². The van der Waals surface area contributed by atoms with Crippen LogP contribution in [-0.2, 0) is 6.54 Å². The summed E-state index contributed by atoms with van der Waals surface area (Å²) in [4.78, 5) is 0. The number of halogens is 1. The van der Waals surface area contributed by atoms with Gasteiger partial charge in [-0.3, -0.25) is 0 Å². The van der Waals surface area contributed by atoms with Crippen LogP contribution in [0.1, 0.15) is 24.1 Å². The van der Waals surface area contributed by atoms with Gasteiger partial charge in [0.1, 0.15) is 5.82 Å². The maximum Gasteiger partial charge on any atom is 0.127 e. The largest absolute Gasteiger partial charge is 0.306 e. The standard InChI is InChI=1S/C19H18FN/c1-14(21-13-18-8-4-5-9-19(18)20)16-11-10-15-6-2-3-7-17(15)12-16/h2-12,14,21H,13H2,1H3. The molecule has 0 aliphatic heterocycles. The van der Waals surface area contributed by atoms with Gasteiger partial charge >= 0.3 is 0 Å². The Morgan fingerprint density at radius 1 is 0.905 bits per heavy atom. The molecule has 1 N–H and O–H groups in total. The highest BCUT2D eigenvalue weighted by Gasteiger charge is 2.07. The summed E-state index contributed by atoms with van der Waals surface area (Å²) in [7, 11) is 0. The summed E-state index contributed by atoms with van der Waals surface area (Å²) in [5.41, 5.74) is 1.91. The number of nitrogens with one attached hydrogen (secondary N) is 1. The Labute approximate surface area is 124 Å². The van der Waals surface area contributed by atoms with E-state index in [0.717, 1.165) is 0 Å². The van der Waals surface area contributed by atoms with Gasteiger partial charge in [-0.05, 0) is 35.4 Å². The molecule has 106 valence electrons. The first-order valence-electron chi connectivity index (χ1n) is 7.19. The van der Waals surface area contributed by atoms with Crippen molar-refractivity contribution in [2.75, 3.05) is 0 Å². The molecule has 0 aliphatic carbocycles. The van der Waals surface area contributed by atoms with E-state index in [-0.39, 0.29) is 11.9 Å². The molecule has 2 heteroatoms. The van der Waals surface area contributed by atoms with Crippen LogP contribution in [0, 0.1) is 5.82 Å². The SMILES string of the molecule is CC(NCc1ccccc1F)c1ccc2ccccc2c1. The van der Waals surface area contributed by atoms with Crippen molar-refractivity contribution in [3.8, 4) is 0 Å². The van der Waals surface area contributed by atoms with Crippen molar-refractivity contribution in [1.29, 1.82) is 0 Å². The maximum atomic E-state index is 13.6. The van der Waals surface area contributed by atoms with E-state index < -0.39 is 0 Å². The molecule has 3 rings (SSSR count). The molecule has 3 aromatic carbocycles. The lowest BCUT2D eigenvalue weighted by Gasteiger charge is -2.15. The Balaban J connectivity index is 1.75. The lowest BCUT2D eigenvalue weighted by Crippen LogP contribution is -2.18. The van der Waals surface area contributed by atoms with Gasteiger partial charge in [0.2, 0.25) is 0 Å². The van der Waals surface area contributed by atoms with E-state index in [2.05, 4.69) is 42.6 Å². The lowest BCUT2D eigenvalue weighted by atomic mass is 10.0. The zero-order valence-corrected chi connectivity index (χ0v) is 12.0. The predicted octanol–water partition coefficient (Wildman–Crippen LogP) is 4.83. The molecule has 1 nitrogen and oxygen atoms in total. The van der Waals surface area contributed by atoms with Crippen LogP contribution >= 0.6 is 0 Å². The van der Waals surface area contributed by atoms with Crippen LogP contribution in [0.2, 0.25) is 0 Å². The van der Waals surface area contributed by atoms with E-state index in [9.17, 15) is 4.39 Å². The molecule has 0 aromatic heterocycles. The lowest BCUT2D eigenvalue weighted by molar-refractivity contribution is 0.544. The van der Waals surface area contributed by atoms with Crippen LogP contribution in [0.4, 0.5) is 4.39 Å². The normalized spacial score (nSPS) is 12.5. The van der Waals surface area contributed by atoms with E-state index in [1.54, 1.807) is 6.07 Å². The van der Waals surface area contributed by atoms with Crippen molar-refractivity contribution >= 4 is 10.8 Å². The Morgan fingerprint density at radius 2 is 1.62 bits per heavy atom. The number of rotatable bonds is 4. The molecular weight excluding hydrogens is 261 g/mol. The minimum atomic E-state index is -0.157. The minimum Gasteiger partial charge on any atom is -0.306 e. The third-order valence-corrected chi connectivity index (χ3v) is 3.83. The van der Waals surface area contributed by atoms with E-state index in [0.29, 0.717) is 12.1 Å². The van der Waals surface area contributed by atoms with E-state index in [4.69, 9.17) is 0 Å². The number of fused-ring (bicyclic) bond motifs is 1. The molecule has 0 amide bonds. The third kappa shape index (κ3) is 3.11. The molecule has 0 radical (unpaired) electrons. The Morgan fingerprint density at radius 3 is 2.43 bits per heavy atom. The molecule has 3 aromatic rings. The monoisotopic (exact) mass is 279 g/mol. The molecule has 1 unspecified atom stereocenters. The minimum absolute atomic E-state index is 0.157. The molecule has 21 heavy (non-hydrogen) atoms. The summed E-state index contributed by atoms with van der Waals surface area (Å²) in [5.74, 6) is -0.157. The van der Waals surface area contributed by atoms with Gasteiger partial charge in [0, 0.05) is 18.2 Å². The summed E-state index contributed by atoms with van der Waals surface area (Å²) in [6.07, 6.45) is 0. The van der Waals surface area contributed by atoms with Crippen LogP contribution in [0.25, 0.3) is 10.8 Å². The summed E-state index contributed by atoms with van der Waals surface area (Å²) in [6.45, 7) is 2.63. The second-order valence-electron chi connectivity index (χ2n) is 5.30. The average molecular weight is 279 g/mol. The molecule has 0 fully saturated rings. The Hall–Kier alpha value is -2.19. The topological polar surface area (TPSA) is 12.0 Å². The van der Waals surface area contributed by atoms with Crippen molar-refractivity contribution < 1.29 is 4.39 Å². The molecule has 0 saturated carbocycles. The van der Waals surface area contributed by atoms with Crippen molar-refractivity contribution in [2.45, 2.75) is 19.5 Å². The molecule has 0 aliphatic rings. The highest BCUT2D eigenvalue weighted by Crippen LogP contribution is 2.20. The number of hydrogen-bond donors (Lipinski definition) is 1. The van der Waals surface area contributed by atoms with E-state index in [1.165, 1.54) is 22.4 Å². The first-order valence-corrected chi connectivity index (χ1v) is 7.19. The van der Waals surface area contributed by atoms with Gasteiger partial charge in [0.05, 0.1) is 0 Å². The zero-order chi connectivity index (χ0) is 14.7. The van der Waals surface area contributed by atoms with Gasteiger partial charge in [-0.1, -0.05) is 54.6 Å². The number of hydrogen-bond acceptors (Lipinski definition) is 1. The fraction of sp³-hybridized carbons (Fsp3) is 0.158. The molecule has 0 spiro atoms. The summed E-state index contributed by atoms with van der Waals surface area (Å²) >= 11 is 0. The fourth-order valence-corrected chi connectivity index (χ4v) is 2.50. The van der Waals surface area contributed by atoms with E-state index in [1.807, 2.05) is 24.3 Å². The highest BCUT2D eigenvalue weighted by atomic mass is 19.1. The molecule has 0 bridgehead atoms. The molecule has 0 saturated heterocycles. The average Bonchev–Trinajstić information content (AvgIpc) is 2.53. The summed E-state index contributed by atoms with van der Waals surface area (Å²) in [5, 5.41) is 5.85. The zero-order valence-electron chi connectivity index (χ0n) is 12.0. The number of benzene rings is 3. The molecule has 1 atom stereocenters. The van der Waals surface area contributed by atoms with Crippen LogP contribution < -0.4 is 5.32 Å². The first kappa shape index (κ1) is 13.8. The Bertz CT molecular complexity index is 751. The highest BCUT2D eigenvalue weighted by molar-refractivity contribution is 5.83. The van der Waals surface area contributed by atoms with Gasteiger partial charge in [0.25, 0.3) is 0 Å². The second kappa shape index (κ2) is 6.06. The van der Waals surface area contributed by atoms with Crippen LogP contribution in [0.15, 0.2) is 66.7 Å². The van der Waals surface area contributed by atoms with Crippen molar-refractivity contribution in [3.63, 3.8) is 0 Å². The fourth-order valence-electron chi connectivity index (χ4n) is 2.50. The molecular formula is C19H18FN. The van der Waals surface area contributed by atoms with Crippen LogP contribution in [-0.4, -0.2) is 0 Å². The third-order valence-electron chi connectivity index (χ3n) is 3.83. The Kier molecular flexibility index (Phi) is 3.98. The second-order valence-corrected chi connectivity index (χ2v) is 5.30. The van der Waals surface area contributed by atoms with Crippen molar-refractivity contribution in [3.05, 3.63) is 83.7 Å². The quantitative estimate of drug-likeness (QED) is 0.721. The first-order chi connectivity index (χ1) is 10.2. The van der Waals surface area contributed by atoms with E-state index >= 15 is 0 Å². The van der Waals surface area contributed by atoms with Gasteiger partial charge in [0.15, 0.2) is 0 Å². The van der Waals surface area contributed by atoms with Crippen molar-refractivity contribution in [1.82, 2.24) is 5.32 Å². The van der Waals surface area contributed by atoms with Crippen LogP contribution in [0.5, 0.6) is 0 Å². The molecule has 0 heterocycles. The summed E-state index contributed by atoms with van der Waals surface area (Å²) in [6, 6.07) is 21.8. The van der Waals surface area contributed by atoms with Crippen LogP contribution in [0.3, 0.4) is 0 Å². The predicted molar refractivity (Wildman–Crippen MR) is 85.6 cm³/mol. The van der Waals surface area contributed by atoms with Gasteiger partial charge < -0.3 is 5.32 Å². The van der Waals surface area contributed by atoms with Gasteiger partial charge in [-0.15, -0.1) is 0 Å². The van der Waals surface area contributed by atoms with Gasteiger partial charge in [-0.2, -0.15) is 0 Å². The maximum absolute atomic E-state index is 13.6.